The molecule has 0 aliphatic carbocycles. The number of alkyl halides is 3. The van der Waals surface area contributed by atoms with Crippen LogP contribution in [0.4, 0.5) is 13.2 Å². The molecule has 12 heteroatoms. The Labute approximate surface area is 187 Å². The van der Waals surface area contributed by atoms with Gasteiger partial charge in [-0.25, -0.2) is 13.3 Å². The molecule has 33 heavy (non-hydrogen) atoms. The molecule has 2 heterocycles. The minimum absolute atomic E-state index is 0.162. The molecule has 8 nitrogen and oxygen atoms in total. The second-order valence-corrected chi connectivity index (χ2v) is 9.36. The van der Waals surface area contributed by atoms with E-state index in [-0.39, 0.29) is 12.4 Å². The molecule has 0 fully saturated rings. The third-order valence-electron chi connectivity index (χ3n) is 4.68. The molecule has 0 aliphatic rings. The van der Waals surface area contributed by atoms with Gasteiger partial charge in [0, 0.05) is 28.5 Å². The van der Waals surface area contributed by atoms with Crippen LogP contribution in [0.3, 0.4) is 0 Å². The lowest BCUT2D eigenvalue weighted by Crippen LogP contribution is -2.04. The first-order valence-corrected chi connectivity index (χ1v) is 11.5. The summed E-state index contributed by atoms with van der Waals surface area (Å²) in [5.41, 5.74) is 1.78. The van der Waals surface area contributed by atoms with Crippen molar-refractivity contribution < 1.29 is 26.6 Å². The molecule has 0 saturated carbocycles. The van der Waals surface area contributed by atoms with E-state index in [2.05, 4.69) is 24.1 Å². The highest BCUT2D eigenvalue weighted by atomic mass is 32.2. The average molecular weight is 477 g/mol. The van der Waals surface area contributed by atoms with Gasteiger partial charge in [0.25, 0.3) is 0 Å². The zero-order chi connectivity index (χ0) is 23.6. The molecule has 2 aromatic heterocycles. The van der Waals surface area contributed by atoms with Crippen LogP contribution in [0.1, 0.15) is 11.5 Å². The Balaban J connectivity index is 1.48. The van der Waals surface area contributed by atoms with Crippen LogP contribution < -0.4 is 4.74 Å². The Morgan fingerprint density at radius 2 is 1.82 bits per heavy atom. The number of hydrogen-bond donors (Lipinski definition) is 0. The monoisotopic (exact) mass is 477 g/mol. The number of methoxy groups -OCH3 is 1. The maximum absolute atomic E-state index is 12.9. The fourth-order valence-corrected chi connectivity index (χ4v) is 4.09. The number of ether oxygens (including phenoxy) is 1. The van der Waals surface area contributed by atoms with Gasteiger partial charge >= 0.3 is 12.1 Å². The van der Waals surface area contributed by atoms with E-state index in [9.17, 15) is 17.4 Å². The molecule has 1 atom stereocenters. The lowest BCUT2D eigenvalue weighted by molar-refractivity contribution is -0.159. The molecule has 0 N–H and O–H groups in total. The highest BCUT2D eigenvalue weighted by Gasteiger charge is 2.38. The maximum atomic E-state index is 12.9. The Morgan fingerprint density at radius 3 is 2.42 bits per heavy atom. The number of hydrogen-bond acceptors (Lipinski definition) is 7. The molecule has 1 unspecified atom stereocenters. The molecular weight excluding hydrogens is 459 g/mol. The van der Waals surface area contributed by atoms with E-state index in [1.54, 1.807) is 79.0 Å². The molecule has 0 spiro atoms. The van der Waals surface area contributed by atoms with Crippen molar-refractivity contribution in [1.82, 2.24) is 19.9 Å². The van der Waals surface area contributed by atoms with E-state index in [1.807, 2.05) is 0 Å². The Bertz CT molecular complexity index is 1370. The summed E-state index contributed by atoms with van der Waals surface area (Å²) in [5, 5.41) is 7.64. The summed E-state index contributed by atoms with van der Waals surface area (Å²) in [5.74, 6) is -0.893. The van der Waals surface area contributed by atoms with E-state index in [0.29, 0.717) is 21.9 Å². The molecule has 2 aromatic carbocycles. The van der Waals surface area contributed by atoms with Gasteiger partial charge in [0.05, 0.1) is 35.3 Å². The molecular formula is C21H18F3N5O3S. The summed E-state index contributed by atoms with van der Waals surface area (Å²) in [7, 11) is -1.05. The van der Waals surface area contributed by atoms with Gasteiger partial charge in [0.1, 0.15) is 5.75 Å². The van der Waals surface area contributed by atoms with Crippen LogP contribution in [0.2, 0.25) is 0 Å². The number of nitrogens with zero attached hydrogens (tertiary/aromatic N) is 5. The van der Waals surface area contributed by atoms with Gasteiger partial charge in [-0.1, -0.05) is 5.16 Å². The number of benzene rings is 2. The first kappa shape index (κ1) is 22.5. The van der Waals surface area contributed by atoms with Gasteiger partial charge in [-0.2, -0.15) is 23.3 Å². The quantitative estimate of drug-likeness (QED) is 0.403. The van der Waals surface area contributed by atoms with Crippen molar-refractivity contribution in [1.29, 1.82) is 0 Å². The Kier molecular flexibility index (Phi) is 5.93. The predicted molar refractivity (Wildman–Crippen MR) is 113 cm³/mol. The number of halogens is 3. The smallest absolute Gasteiger partial charge is 0.471 e. The minimum Gasteiger partial charge on any atom is -0.497 e. The Morgan fingerprint density at radius 1 is 1.12 bits per heavy atom. The first-order chi connectivity index (χ1) is 15.7. The van der Waals surface area contributed by atoms with E-state index >= 15 is 0 Å². The van der Waals surface area contributed by atoms with Gasteiger partial charge in [-0.15, -0.1) is 0 Å². The van der Waals surface area contributed by atoms with Crippen molar-refractivity contribution in [2.75, 3.05) is 13.4 Å². The van der Waals surface area contributed by atoms with Crippen LogP contribution in [-0.4, -0.2) is 37.5 Å². The summed E-state index contributed by atoms with van der Waals surface area (Å²) >= 11 is 0. The van der Waals surface area contributed by atoms with Gasteiger partial charge < -0.3 is 9.26 Å². The van der Waals surface area contributed by atoms with Crippen LogP contribution in [0.15, 0.2) is 74.7 Å². The van der Waals surface area contributed by atoms with Crippen LogP contribution in [-0.2, 0) is 22.5 Å². The lowest BCUT2D eigenvalue weighted by Gasteiger charge is -2.05. The second kappa shape index (κ2) is 8.70. The highest BCUT2D eigenvalue weighted by molar-refractivity contribution is 7.93. The first-order valence-electron chi connectivity index (χ1n) is 9.53. The molecule has 0 bridgehead atoms. The summed E-state index contributed by atoms with van der Waals surface area (Å²) in [6, 6.07) is 13.3. The lowest BCUT2D eigenvalue weighted by atomic mass is 10.2. The van der Waals surface area contributed by atoms with E-state index in [1.165, 1.54) is 0 Å². The normalized spacial score (nSPS) is 13.5. The number of rotatable bonds is 6. The fraction of sp³-hybridized carbons (Fsp3) is 0.190. The van der Waals surface area contributed by atoms with Gasteiger partial charge in [0.2, 0.25) is 5.82 Å². The molecule has 172 valence electrons. The average Bonchev–Trinajstić information content (AvgIpc) is 3.48. The van der Waals surface area contributed by atoms with E-state index in [0.717, 1.165) is 5.56 Å². The van der Waals surface area contributed by atoms with Crippen molar-refractivity contribution in [3.05, 3.63) is 72.4 Å². The summed E-state index contributed by atoms with van der Waals surface area (Å²) in [6.07, 6.45) is 0.213. The van der Waals surface area contributed by atoms with E-state index in [4.69, 9.17) is 4.74 Å². The zero-order valence-electron chi connectivity index (χ0n) is 17.5. The van der Waals surface area contributed by atoms with Crippen LogP contribution >= 0.6 is 0 Å². The van der Waals surface area contributed by atoms with Gasteiger partial charge in [0.15, 0.2) is 0 Å². The van der Waals surface area contributed by atoms with Crippen molar-refractivity contribution in [3.8, 4) is 22.8 Å². The predicted octanol–water partition coefficient (Wildman–Crippen LogP) is 4.61. The number of aromatic nitrogens is 4. The van der Waals surface area contributed by atoms with Crippen molar-refractivity contribution in [3.63, 3.8) is 0 Å². The van der Waals surface area contributed by atoms with E-state index < -0.39 is 21.8 Å². The van der Waals surface area contributed by atoms with Crippen LogP contribution in [0.5, 0.6) is 5.75 Å². The molecule has 0 amide bonds. The molecule has 0 saturated heterocycles. The van der Waals surface area contributed by atoms with Crippen molar-refractivity contribution in [2.24, 2.45) is 4.36 Å². The van der Waals surface area contributed by atoms with Crippen molar-refractivity contribution in [2.45, 2.75) is 17.6 Å². The molecule has 4 aromatic rings. The summed E-state index contributed by atoms with van der Waals surface area (Å²) in [6.45, 7) is 0.197. The summed E-state index contributed by atoms with van der Waals surface area (Å²) in [4.78, 5) is 3.97. The third-order valence-corrected chi connectivity index (χ3v) is 6.45. The molecule has 0 radical (unpaired) electrons. The summed E-state index contributed by atoms with van der Waals surface area (Å²) < 4.78 is 66.1. The Hall–Kier alpha value is -3.67. The zero-order valence-corrected chi connectivity index (χ0v) is 18.3. The van der Waals surface area contributed by atoms with Crippen molar-refractivity contribution >= 4 is 9.73 Å². The van der Waals surface area contributed by atoms with Crippen LogP contribution in [0, 0.1) is 0 Å². The standard InChI is InChI=1S/C21H18F3N5O3S/c1-31-17-7-9-18(10-8-17)33(2,30)26-12-14-11-25-29(13-14)16-5-3-15(4-6-16)19-27-20(32-28-19)21(22,23)24/h3-11,13H,12H2,1-2H3. The minimum atomic E-state index is -4.70. The topological polar surface area (TPSA) is 95.4 Å². The fourth-order valence-electron chi connectivity index (χ4n) is 2.90. The van der Waals surface area contributed by atoms with Crippen LogP contribution in [0.25, 0.3) is 17.1 Å². The van der Waals surface area contributed by atoms with Gasteiger partial charge in [-0.05, 0) is 48.5 Å². The second-order valence-electron chi connectivity index (χ2n) is 7.03. The largest absolute Gasteiger partial charge is 0.497 e. The highest BCUT2D eigenvalue weighted by Crippen LogP contribution is 2.29. The van der Waals surface area contributed by atoms with Gasteiger partial charge in [-0.3, -0.25) is 0 Å². The SMILES string of the molecule is COc1ccc(S(C)(=O)=NCc2cnn(-c3ccc(-c4noc(C(F)(F)F)n4)cc3)c2)cc1. The third kappa shape index (κ3) is 5.06. The molecule has 0 aliphatic heterocycles. The molecule has 4 rings (SSSR count). The maximum Gasteiger partial charge on any atom is 0.471 e.